The molecule has 3 N–H and O–H groups in total. The maximum Gasteiger partial charge on any atom is 0.313 e. The van der Waals surface area contributed by atoms with Crippen LogP contribution in [-0.2, 0) is 9.59 Å². The normalized spacial score (nSPS) is 16.0. The van der Waals surface area contributed by atoms with Gasteiger partial charge in [0.15, 0.2) is 0 Å². The number of carbonyl (C=O) groups excluding carboxylic acids is 2. The lowest BCUT2D eigenvalue weighted by molar-refractivity contribution is -0.136. The van der Waals surface area contributed by atoms with Crippen LogP contribution in [0.4, 0.5) is 5.69 Å². The summed E-state index contributed by atoms with van der Waals surface area (Å²) in [5, 5.41) is 14.9. The number of nitrogens with one attached hydrogen (secondary N) is 2. The third kappa shape index (κ3) is 6.05. The minimum absolute atomic E-state index is 0.185. The van der Waals surface area contributed by atoms with Gasteiger partial charge in [-0.1, -0.05) is 27.5 Å². The molecule has 1 aliphatic heterocycles. The van der Waals surface area contributed by atoms with Gasteiger partial charge in [-0.3, -0.25) is 9.59 Å². The van der Waals surface area contributed by atoms with Crippen molar-refractivity contribution < 1.29 is 14.7 Å². The average Bonchev–Trinajstić information content (AvgIpc) is 2.55. The van der Waals surface area contributed by atoms with E-state index in [1.807, 2.05) is 0 Å². The molecule has 132 valence electrons. The van der Waals surface area contributed by atoms with Crippen LogP contribution >= 0.6 is 27.5 Å². The van der Waals surface area contributed by atoms with Crippen molar-refractivity contribution in [3.63, 3.8) is 0 Å². The summed E-state index contributed by atoms with van der Waals surface area (Å²) in [4.78, 5) is 25.9. The predicted octanol–water partition coefficient (Wildman–Crippen LogP) is 2.00. The smallest absolute Gasteiger partial charge is 0.313 e. The summed E-state index contributed by atoms with van der Waals surface area (Å²) in [6, 6.07) is 5.00. The molecule has 0 aliphatic carbocycles. The van der Waals surface area contributed by atoms with E-state index in [2.05, 4.69) is 31.5 Å². The highest BCUT2D eigenvalue weighted by Crippen LogP contribution is 2.25. The second-order valence-electron chi connectivity index (χ2n) is 5.76. The summed E-state index contributed by atoms with van der Waals surface area (Å²) in [7, 11) is 0. The molecule has 0 atom stereocenters. The Labute approximate surface area is 154 Å². The Hall–Kier alpha value is -1.15. The third-order valence-electron chi connectivity index (χ3n) is 3.88. The fourth-order valence-electron chi connectivity index (χ4n) is 2.50. The summed E-state index contributed by atoms with van der Waals surface area (Å²) in [6.07, 6.45) is 2.16. The molecule has 0 bridgehead atoms. The number of benzene rings is 1. The number of hydrogen-bond donors (Lipinski definition) is 3. The molecule has 0 aromatic heterocycles. The number of piperidine rings is 1. The first-order valence-electron chi connectivity index (χ1n) is 7.90. The van der Waals surface area contributed by atoms with Crippen molar-refractivity contribution in [2.75, 3.05) is 31.5 Å². The van der Waals surface area contributed by atoms with Gasteiger partial charge in [-0.05, 0) is 44.0 Å². The van der Waals surface area contributed by atoms with Crippen LogP contribution in [0.25, 0.3) is 0 Å². The number of halogens is 2. The lowest BCUT2D eigenvalue weighted by atomic mass is 10.1. The van der Waals surface area contributed by atoms with E-state index in [4.69, 9.17) is 11.6 Å². The molecule has 8 heteroatoms. The molecule has 1 aromatic rings. The van der Waals surface area contributed by atoms with E-state index in [0.717, 1.165) is 43.4 Å². The van der Waals surface area contributed by atoms with Gasteiger partial charge in [0, 0.05) is 24.1 Å². The Bertz CT molecular complexity index is 592. The summed E-state index contributed by atoms with van der Waals surface area (Å²) < 4.78 is 0.792. The molecule has 0 unspecified atom stereocenters. The number of anilines is 1. The first kappa shape index (κ1) is 19.2. The van der Waals surface area contributed by atoms with Crippen LogP contribution in [0.5, 0.6) is 0 Å². The maximum atomic E-state index is 11.8. The van der Waals surface area contributed by atoms with Gasteiger partial charge in [-0.2, -0.15) is 0 Å². The highest BCUT2D eigenvalue weighted by molar-refractivity contribution is 9.10. The zero-order chi connectivity index (χ0) is 17.5. The monoisotopic (exact) mass is 417 g/mol. The van der Waals surface area contributed by atoms with Crippen molar-refractivity contribution in [3.8, 4) is 0 Å². The van der Waals surface area contributed by atoms with Crippen molar-refractivity contribution in [2.24, 2.45) is 0 Å². The van der Waals surface area contributed by atoms with Gasteiger partial charge >= 0.3 is 11.8 Å². The topological polar surface area (TPSA) is 81.7 Å². The molecule has 1 heterocycles. The second kappa shape index (κ2) is 9.36. The number of aliphatic hydroxyl groups excluding tert-OH is 1. The summed E-state index contributed by atoms with van der Waals surface area (Å²) in [5.41, 5.74) is 0.395. The molecule has 0 spiro atoms. The van der Waals surface area contributed by atoms with Gasteiger partial charge in [0.25, 0.3) is 0 Å². The Kier molecular flexibility index (Phi) is 7.48. The van der Waals surface area contributed by atoms with Gasteiger partial charge in [-0.25, -0.2) is 0 Å². The van der Waals surface area contributed by atoms with Crippen LogP contribution in [0.15, 0.2) is 22.7 Å². The number of carbonyl (C=O) groups is 2. The van der Waals surface area contributed by atoms with Crippen LogP contribution in [0, 0.1) is 0 Å². The Morgan fingerprint density at radius 3 is 2.67 bits per heavy atom. The molecule has 1 aliphatic rings. The predicted molar refractivity (Wildman–Crippen MR) is 97.1 cm³/mol. The van der Waals surface area contributed by atoms with Gasteiger partial charge in [0.1, 0.15) is 0 Å². The van der Waals surface area contributed by atoms with E-state index in [9.17, 15) is 14.7 Å². The average molecular weight is 419 g/mol. The maximum absolute atomic E-state index is 11.8. The quantitative estimate of drug-likeness (QED) is 0.505. The largest absolute Gasteiger partial charge is 0.393 e. The molecule has 1 aromatic carbocycles. The molecule has 2 amide bonds. The highest BCUT2D eigenvalue weighted by Gasteiger charge is 2.17. The Balaban J connectivity index is 1.67. The van der Waals surface area contributed by atoms with Crippen molar-refractivity contribution in [2.45, 2.75) is 25.4 Å². The minimum Gasteiger partial charge on any atom is -0.393 e. The Morgan fingerprint density at radius 2 is 2.00 bits per heavy atom. The number of likely N-dealkylation sites (tertiary alicyclic amines) is 1. The SMILES string of the molecule is O=C(NCCCN1CCC(O)CC1)C(=O)Nc1ccc(Br)cc1Cl. The second-order valence-corrected chi connectivity index (χ2v) is 7.08. The van der Waals surface area contributed by atoms with E-state index < -0.39 is 11.8 Å². The highest BCUT2D eigenvalue weighted by atomic mass is 79.9. The van der Waals surface area contributed by atoms with Crippen molar-refractivity contribution >= 4 is 45.0 Å². The van der Waals surface area contributed by atoms with Crippen molar-refractivity contribution in [1.29, 1.82) is 0 Å². The number of hydrogen-bond acceptors (Lipinski definition) is 4. The van der Waals surface area contributed by atoms with E-state index in [-0.39, 0.29) is 6.10 Å². The van der Waals surface area contributed by atoms with Crippen molar-refractivity contribution in [1.82, 2.24) is 10.2 Å². The number of amides is 2. The van der Waals surface area contributed by atoms with Crippen LogP contribution in [0.2, 0.25) is 5.02 Å². The zero-order valence-corrected chi connectivity index (χ0v) is 15.6. The van der Waals surface area contributed by atoms with Gasteiger partial charge in [-0.15, -0.1) is 0 Å². The lowest BCUT2D eigenvalue weighted by Gasteiger charge is -2.29. The van der Waals surface area contributed by atoms with E-state index in [1.54, 1.807) is 18.2 Å². The number of aliphatic hydroxyl groups is 1. The molecule has 6 nitrogen and oxygen atoms in total. The first-order valence-corrected chi connectivity index (χ1v) is 9.07. The fourth-order valence-corrected chi connectivity index (χ4v) is 3.22. The molecule has 24 heavy (non-hydrogen) atoms. The van der Waals surface area contributed by atoms with Gasteiger partial charge < -0.3 is 20.6 Å². The minimum atomic E-state index is -0.736. The third-order valence-corrected chi connectivity index (χ3v) is 4.69. The van der Waals surface area contributed by atoms with E-state index >= 15 is 0 Å². The zero-order valence-electron chi connectivity index (χ0n) is 13.2. The lowest BCUT2D eigenvalue weighted by Crippen LogP contribution is -2.39. The molecule has 1 saturated heterocycles. The van der Waals surface area contributed by atoms with E-state index in [1.165, 1.54) is 0 Å². The number of nitrogens with zero attached hydrogens (tertiary/aromatic N) is 1. The molecular weight excluding hydrogens is 398 g/mol. The van der Waals surface area contributed by atoms with Gasteiger partial charge in [0.05, 0.1) is 16.8 Å². The molecule has 0 radical (unpaired) electrons. The number of rotatable bonds is 5. The Morgan fingerprint density at radius 1 is 1.29 bits per heavy atom. The standard InChI is InChI=1S/C16H21BrClN3O3/c17-11-2-3-14(13(18)10-11)20-16(24)15(23)19-6-1-7-21-8-4-12(22)5-9-21/h2-3,10,12,22H,1,4-9H2,(H,19,23)(H,20,24). The van der Waals surface area contributed by atoms with E-state index in [0.29, 0.717) is 17.3 Å². The molecule has 2 rings (SSSR count). The molecular formula is C16H21BrClN3O3. The fraction of sp³-hybridized carbons (Fsp3) is 0.500. The van der Waals surface area contributed by atoms with Crippen molar-refractivity contribution in [3.05, 3.63) is 27.7 Å². The van der Waals surface area contributed by atoms with Crippen LogP contribution in [-0.4, -0.2) is 54.1 Å². The van der Waals surface area contributed by atoms with Crippen LogP contribution < -0.4 is 10.6 Å². The molecule has 0 saturated carbocycles. The molecule has 1 fully saturated rings. The van der Waals surface area contributed by atoms with Gasteiger partial charge in [0.2, 0.25) is 0 Å². The summed E-state index contributed by atoms with van der Waals surface area (Å²) in [6.45, 7) is 3.02. The van der Waals surface area contributed by atoms with Crippen LogP contribution in [0.1, 0.15) is 19.3 Å². The summed E-state index contributed by atoms with van der Waals surface area (Å²) in [5.74, 6) is -1.41. The van der Waals surface area contributed by atoms with Crippen LogP contribution in [0.3, 0.4) is 0 Å². The first-order chi connectivity index (χ1) is 11.5. The summed E-state index contributed by atoms with van der Waals surface area (Å²) >= 11 is 9.28.